The number of nitrogens with zero attached hydrogens (tertiary/aromatic N) is 1. The Hall–Kier alpha value is -0.830. The van der Waals surface area contributed by atoms with Crippen LogP contribution in [0.3, 0.4) is 0 Å². The van der Waals surface area contributed by atoms with E-state index in [2.05, 4.69) is 28.1 Å². The first kappa shape index (κ1) is 9.40. The lowest BCUT2D eigenvalue weighted by atomic mass is 9.77. The van der Waals surface area contributed by atoms with E-state index in [4.69, 9.17) is 0 Å². The molecule has 0 radical (unpaired) electrons. The largest absolute Gasteiger partial charge is 0.342 e. The minimum Gasteiger partial charge on any atom is -0.342 e. The molecule has 0 spiro atoms. The van der Waals surface area contributed by atoms with Crippen LogP contribution in [0.5, 0.6) is 0 Å². The number of rotatable bonds is 1. The summed E-state index contributed by atoms with van der Waals surface area (Å²) < 4.78 is 1.07. The van der Waals surface area contributed by atoms with Gasteiger partial charge in [-0.2, -0.15) is 0 Å². The average molecular weight is 266 g/mol. The maximum Gasteiger partial charge on any atom is 0.233 e. The van der Waals surface area contributed by atoms with E-state index in [0.29, 0.717) is 5.91 Å². The second-order valence-corrected chi connectivity index (χ2v) is 5.30. The quantitative estimate of drug-likeness (QED) is 0.764. The molecule has 2 nitrogen and oxygen atoms in total. The Kier molecular flexibility index (Phi) is 1.93. The Morgan fingerprint density at radius 2 is 1.73 bits per heavy atom. The number of halogens is 1. The van der Waals surface area contributed by atoms with Crippen molar-refractivity contribution in [3.63, 3.8) is 0 Å². The first-order chi connectivity index (χ1) is 7.22. The van der Waals surface area contributed by atoms with E-state index in [1.54, 1.807) is 0 Å². The molecule has 3 rings (SSSR count). The summed E-state index contributed by atoms with van der Waals surface area (Å²) in [5.41, 5.74) is 1.01. The molecular formula is C12H12BrNO. The van der Waals surface area contributed by atoms with Gasteiger partial charge in [-0.25, -0.2) is 0 Å². The highest BCUT2D eigenvalue weighted by atomic mass is 79.9. The Labute approximate surface area is 97.4 Å². The van der Waals surface area contributed by atoms with E-state index in [1.165, 1.54) is 5.56 Å². The number of amides is 1. The standard InChI is InChI=1S/C12H12BrNO/c13-10-3-1-9(2-4-10)12-5-7-14(8-6-12)11(12)15/h1-4H,5-8H2. The summed E-state index contributed by atoms with van der Waals surface area (Å²) >= 11 is 3.42. The van der Waals surface area contributed by atoms with Crippen LogP contribution in [0, 0.1) is 0 Å². The zero-order chi connectivity index (χ0) is 10.5. The molecule has 1 aromatic rings. The summed E-state index contributed by atoms with van der Waals surface area (Å²) in [5.74, 6) is 0.338. The summed E-state index contributed by atoms with van der Waals surface area (Å²) in [6.07, 6.45) is 1.99. The second kappa shape index (κ2) is 3.08. The van der Waals surface area contributed by atoms with E-state index in [0.717, 1.165) is 30.4 Å². The van der Waals surface area contributed by atoms with Crippen molar-refractivity contribution in [1.29, 1.82) is 0 Å². The third-order valence-electron chi connectivity index (χ3n) is 3.71. The van der Waals surface area contributed by atoms with E-state index in [9.17, 15) is 4.79 Å². The number of piperidine rings is 1. The minimum atomic E-state index is -0.180. The molecule has 0 saturated carbocycles. The van der Waals surface area contributed by atoms with Crippen LogP contribution in [0.15, 0.2) is 28.7 Å². The fraction of sp³-hybridized carbons (Fsp3) is 0.417. The fourth-order valence-electron chi connectivity index (χ4n) is 2.79. The average Bonchev–Trinajstić information content (AvgIpc) is 2.74. The van der Waals surface area contributed by atoms with Gasteiger partial charge in [-0.3, -0.25) is 4.79 Å². The van der Waals surface area contributed by atoms with Crippen molar-refractivity contribution in [3.05, 3.63) is 34.3 Å². The van der Waals surface area contributed by atoms with Crippen LogP contribution in [0.2, 0.25) is 0 Å². The second-order valence-electron chi connectivity index (χ2n) is 4.38. The van der Waals surface area contributed by atoms with Crippen LogP contribution in [-0.2, 0) is 10.2 Å². The maximum atomic E-state index is 12.1. The van der Waals surface area contributed by atoms with Crippen molar-refractivity contribution in [3.8, 4) is 0 Å². The van der Waals surface area contributed by atoms with E-state index >= 15 is 0 Å². The number of hydrogen-bond acceptors (Lipinski definition) is 1. The SMILES string of the molecule is O=C1N2CCC1(c1ccc(Br)cc1)CC2. The molecule has 0 N–H and O–H groups in total. The molecule has 3 heteroatoms. The van der Waals surface area contributed by atoms with Gasteiger partial charge in [-0.05, 0) is 30.5 Å². The number of hydrogen-bond donors (Lipinski definition) is 0. The zero-order valence-electron chi connectivity index (χ0n) is 8.37. The van der Waals surface area contributed by atoms with Crippen molar-refractivity contribution in [2.24, 2.45) is 0 Å². The molecule has 0 aromatic heterocycles. The summed E-state index contributed by atoms with van der Waals surface area (Å²) in [7, 11) is 0. The molecule has 0 aliphatic carbocycles. The van der Waals surface area contributed by atoms with Crippen LogP contribution >= 0.6 is 15.9 Å². The Balaban J connectivity index is 2.06. The van der Waals surface area contributed by atoms with Crippen molar-refractivity contribution in [2.45, 2.75) is 18.3 Å². The van der Waals surface area contributed by atoms with Crippen molar-refractivity contribution < 1.29 is 4.79 Å². The lowest BCUT2D eigenvalue weighted by Gasteiger charge is -2.22. The zero-order valence-corrected chi connectivity index (χ0v) is 9.96. The van der Waals surface area contributed by atoms with Gasteiger partial charge >= 0.3 is 0 Å². The van der Waals surface area contributed by atoms with Crippen molar-refractivity contribution in [2.75, 3.05) is 13.1 Å². The predicted molar refractivity (Wildman–Crippen MR) is 61.6 cm³/mol. The number of benzene rings is 1. The Morgan fingerprint density at radius 3 is 2.20 bits per heavy atom. The van der Waals surface area contributed by atoms with E-state index in [1.807, 2.05) is 17.0 Å². The highest BCUT2D eigenvalue weighted by Crippen LogP contribution is 2.44. The van der Waals surface area contributed by atoms with Crippen molar-refractivity contribution in [1.82, 2.24) is 4.90 Å². The molecule has 2 aliphatic heterocycles. The van der Waals surface area contributed by atoms with Crippen LogP contribution in [0.4, 0.5) is 0 Å². The lowest BCUT2D eigenvalue weighted by Crippen LogP contribution is -2.28. The Morgan fingerprint density at radius 1 is 1.13 bits per heavy atom. The van der Waals surface area contributed by atoms with Crippen LogP contribution in [0.25, 0.3) is 0 Å². The summed E-state index contributed by atoms with van der Waals surface area (Å²) in [6.45, 7) is 1.88. The molecule has 2 saturated heterocycles. The minimum absolute atomic E-state index is 0.180. The summed E-state index contributed by atoms with van der Waals surface area (Å²) in [4.78, 5) is 14.1. The van der Waals surface area contributed by atoms with E-state index in [-0.39, 0.29) is 5.41 Å². The van der Waals surface area contributed by atoms with E-state index < -0.39 is 0 Å². The number of fused-ring (bicyclic) bond motifs is 2. The molecule has 1 amide bonds. The normalized spacial score (nSPS) is 22.5. The van der Waals surface area contributed by atoms with Crippen LogP contribution < -0.4 is 0 Å². The first-order valence-electron chi connectivity index (χ1n) is 5.28. The van der Waals surface area contributed by atoms with Gasteiger partial charge in [-0.1, -0.05) is 28.1 Å². The first-order valence-corrected chi connectivity index (χ1v) is 6.07. The predicted octanol–water partition coefficient (Wildman–Crippen LogP) is 2.32. The van der Waals surface area contributed by atoms with Gasteiger partial charge < -0.3 is 4.90 Å². The topological polar surface area (TPSA) is 20.3 Å². The van der Waals surface area contributed by atoms with Crippen molar-refractivity contribution >= 4 is 21.8 Å². The van der Waals surface area contributed by atoms with Gasteiger partial charge in [0.15, 0.2) is 0 Å². The molecule has 2 bridgehead atoms. The smallest absolute Gasteiger partial charge is 0.233 e. The number of carbonyl (C=O) groups excluding carboxylic acids is 1. The van der Waals surface area contributed by atoms with Gasteiger partial charge in [0.05, 0.1) is 5.41 Å². The molecular weight excluding hydrogens is 254 g/mol. The highest BCUT2D eigenvalue weighted by molar-refractivity contribution is 9.10. The molecule has 1 aromatic carbocycles. The molecule has 78 valence electrons. The lowest BCUT2D eigenvalue weighted by molar-refractivity contribution is -0.128. The monoisotopic (exact) mass is 265 g/mol. The summed E-state index contributed by atoms with van der Waals surface area (Å²) in [6, 6.07) is 8.21. The van der Waals surface area contributed by atoms with Gasteiger partial charge in [0.2, 0.25) is 5.91 Å². The molecule has 0 unspecified atom stereocenters. The van der Waals surface area contributed by atoms with Gasteiger partial charge in [0, 0.05) is 17.6 Å². The third-order valence-corrected chi connectivity index (χ3v) is 4.24. The number of carbonyl (C=O) groups is 1. The third kappa shape index (κ3) is 1.19. The molecule has 0 atom stereocenters. The Bertz CT molecular complexity index is 404. The molecule has 15 heavy (non-hydrogen) atoms. The molecule has 2 fully saturated rings. The fourth-order valence-corrected chi connectivity index (χ4v) is 3.05. The maximum absolute atomic E-state index is 12.1. The van der Waals surface area contributed by atoms with Crippen LogP contribution in [0.1, 0.15) is 18.4 Å². The summed E-state index contributed by atoms with van der Waals surface area (Å²) in [5, 5.41) is 0. The highest BCUT2D eigenvalue weighted by Gasteiger charge is 2.52. The van der Waals surface area contributed by atoms with Crippen LogP contribution in [-0.4, -0.2) is 23.9 Å². The van der Waals surface area contributed by atoms with Gasteiger partial charge in [0.1, 0.15) is 0 Å². The molecule has 2 heterocycles. The van der Waals surface area contributed by atoms with Gasteiger partial charge in [-0.15, -0.1) is 0 Å². The molecule has 2 aliphatic rings. The van der Waals surface area contributed by atoms with Gasteiger partial charge in [0.25, 0.3) is 0 Å².